The zero-order valence-electron chi connectivity index (χ0n) is 21.2. The van der Waals surface area contributed by atoms with Crippen molar-refractivity contribution in [3.05, 3.63) is 71.8 Å². The standard InChI is InChI=1S/C26H35BN6O5/c28-26(29)30-15-7-14-22(27(37)38)32-23(34)20(17-18-9-3-1-4-10-18)31-24(35)21-13-8-16-33(21)25(36)19-11-5-2-6-12-19/h1-6,9-12,20-22,37-38H,7-8,13-17H2,(H,31,35)(H,32,34)(H4,28,29,30)/t20-,21-,22-/m0/s1. The first-order valence-electron chi connectivity index (χ1n) is 12.7. The fourth-order valence-electron chi connectivity index (χ4n) is 4.45. The normalized spacial score (nSPS) is 16.3. The fourth-order valence-corrected chi connectivity index (χ4v) is 4.45. The SMILES string of the molecule is NC(N)=NCCC[C@H](NC(=O)[C@H](Cc1ccccc1)NC(=O)[C@@H]1CCCN1C(=O)c1ccccc1)B(O)O. The number of carbonyl (C=O) groups excluding carboxylic acids is 3. The lowest BCUT2D eigenvalue weighted by atomic mass is 9.76. The summed E-state index contributed by atoms with van der Waals surface area (Å²) in [4.78, 5) is 45.1. The summed E-state index contributed by atoms with van der Waals surface area (Å²) in [5.74, 6) is -2.31. The average molecular weight is 522 g/mol. The first-order valence-corrected chi connectivity index (χ1v) is 12.7. The van der Waals surface area contributed by atoms with Gasteiger partial charge in [0.2, 0.25) is 11.8 Å². The van der Waals surface area contributed by atoms with Crippen LogP contribution in [-0.4, -0.2) is 76.9 Å². The van der Waals surface area contributed by atoms with E-state index in [2.05, 4.69) is 15.6 Å². The molecule has 11 nitrogen and oxygen atoms in total. The lowest BCUT2D eigenvalue weighted by Crippen LogP contribution is -2.57. The number of nitrogens with zero attached hydrogens (tertiary/aromatic N) is 2. The van der Waals surface area contributed by atoms with E-state index in [0.717, 1.165) is 5.56 Å². The first-order chi connectivity index (χ1) is 18.3. The van der Waals surface area contributed by atoms with Crippen LogP contribution in [0.5, 0.6) is 0 Å². The second-order valence-electron chi connectivity index (χ2n) is 9.25. The number of amides is 3. The second-order valence-corrected chi connectivity index (χ2v) is 9.25. The molecule has 202 valence electrons. The van der Waals surface area contributed by atoms with Gasteiger partial charge in [0.05, 0.1) is 5.94 Å². The Kier molecular flexibility index (Phi) is 10.7. The van der Waals surface area contributed by atoms with Crippen molar-refractivity contribution in [3.8, 4) is 0 Å². The smallest absolute Gasteiger partial charge is 0.426 e. The summed E-state index contributed by atoms with van der Waals surface area (Å²) in [6.45, 7) is 0.703. The van der Waals surface area contributed by atoms with Crippen molar-refractivity contribution in [2.75, 3.05) is 13.1 Å². The minimum atomic E-state index is -1.82. The summed E-state index contributed by atoms with van der Waals surface area (Å²) < 4.78 is 0. The van der Waals surface area contributed by atoms with Crippen LogP contribution in [0.25, 0.3) is 0 Å². The molecular weight excluding hydrogens is 487 g/mol. The van der Waals surface area contributed by atoms with E-state index in [1.54, 1.807) is 24.3 Å². The maximum atomic E-state index is 13.4. The fraction of sp³-hybridized carbons (Fsp3) is 0.385. The number of likely N-dealkylation sites (tertiary alicyclic amines) is 1. The molecule has 1 aliphatic heterocycles. The zero-order chi connectivity index (χ0) is 27.5. The van der Waals surface area contributed by atoms with Crippen molar-refractivity contribution in [2.24, 2.45) is 16.5 Å². The molecule has 2 aromatic rings. The van der Waals surface area contributed by atoms with Crippen LogP contribution in [0.15, 0.2) is 65.7 Å². The van der Waals surface area contributed by atoms with Crippen molar-refractivity contribution in [1.29, 1.82) is 0 Å². The molecule has 0 aliphatic carbocycles. The van der Waals surface area contributed by atoms with Gasteiger partial charge in [-0.05, 0) is 43.4 Å². The van der Waals surface area contributed by atoms with E-state index in [1.807, 2.05) is 36.4 Å². The summed E-state index contributed by atoms with van der Waals surface area (Å²) >= 11 is 0. The molecule has 3 amide bonds. The first kappa shape index (κ1) is 28.7. The third kappa shape index (κ3) is 8.32. The maximum Gasteiger partial charge on any atom is 0.475 e. The Labute approximate surface area is 222 Å². The Hall–Kier alpha value is -3.90. The quantitative estimate of drug-likeness (QED) is 0.0946. The molecule has 2 aromatic carbocycles. The van der Waals surface area contributed by atoms with Crippen molar-refractivity contribution in [1.82, 2.24) is 15.5 Å². The average Bonchev–Trinajstić information content (AvgIpc) is 3.40. The highest BCUT2D eigenvalue weighted by Gasteiger charge is 2.37. The third-order valence-electron chi connectivity index (χ3n) is 6.41. The number of nitrogens with two attached hydrogens (primary N) is 2. The molecule has 12 heteroatoms. The molecule has 0 aromatic heterocycles. The topological polar surface area (TPSA) is 183 Å². The molecule has 1 aliphatic rings. The lowest BCUT2D eigenvalue weighted by Gasteiger charge is -2.27. The Balaban J connectivity index is 1.72. The molecule has 0 spiro atoms. The summed E-state index contributed by atoms with van der Waals surface area (Å²) in [7, 11) is -1.82. The molecule has 8 N–H and O–H groups in total. The number of hydrogen-bond acceptors (Lipinski definition) is 6. The van der Waals surface area contributed by atoms with Gasteiger partial charge in [0, 0.05) is 25.1 Å². The van der Waals surface area contributed by atoms with Crippen LogP contribution in [0.1, 0.15) is 41.6 Å². The predicted octanol–water partition coefficient (Wildman–Crippen LogP) is -0.431. The Morgan fingerprint density at radius 2 is 1.68 bits per heavy atom. The van der Waals surface area contributed by atoms with Crippen molar-refractivity contribution in [2.45, 2.75) is 50.1 Å². The van der Waals surface area contributed by atoms with Crippen LogP contribution in [-0.2, 0) is 16.0 Å². The van der Waals surface area contributed by atoms with Gasteiger partial charge in [-0.1, -0.05) is 48.5 Å². The van der Waals surface area contributed by atoms with Crippen LogP contribution >= 0.6 is 0 Å². The number of benzene rings is 2. The van der Waals surface area contributed by atoms with Crippen molar-refractivity contribution >= 4 is 30.8 Å². The number of aliphatic imine (C=N–C) groups is 1. The van der Waals surface area contributed by atoms with Crippen LogP contribution < -0.4 is 22.1 Å². The largest absolute Gasteiger partial charge is 0.475 e. The minimum absolute atomic E-state index is 0.0764. The van der Waals surface area contributed by atoms with Crippen LogP contribution in [0, 0.1) is 0 Å². The van der Waals surface area contributed by atoms with Gasteiger partial charge in [0.25, 0.3) is 5.91 Å². The molecule has 1 heterocycles. The van der Waals surface area contributed by atoms with E-state index in [-0.39, 0.29) is 31.3 Å². The molecule has 38 heavy (non-hydrogen) atoms. The highest BCUT2D eigenvalue weighted by Crippen LogP contribution is 2.21. The van der Waals surface area contributed by atoms with Gasteiger partial charge in [0.15, 0.2) is 5.96 Å². The molecular formula is C26H35BN6O5. The maximum absolute atomic E-state index is 13.4. The molecule has 0 bridgehead atoms. The Morgan fingerprint density at radius 3 is 2.32 bits per heavy atom. The summed E-state index contributed by atoms with van der Waals surface area (Å²) in [6, 6.07) is 16.2. The highest BCUT2D eigenvalue weighted by atomic mass is 16.4. The van der Waals surface area contributed by atoms with E-state index in [4.69, 9.17) is 11.5 Å². The van der Waals surface area contributed by atoms with Crippen molar-refractivity contribution in [3.63, 3.8) is 0 Å². The van der Waals surface area contributed by atoms with Gasteiger partial charge in [-0.2, -0.15) is 0 Å². The van der Waals surface area contributed by atoms with E-state index in [9.17, 15) is 24.4 Å². The van der Waals surface area contributed by atoms with Gasteiger partial charge in [-0.15, -0.1) is 0 Å². The lowest BCUT2D eigenvalue weighted by molar-refractivity contribution is -0.131. The van der Waals surface area contributed by atoms with Gasteiger partial charge in [-0.3, -0.25) is 19.4 Å². The second kappa shape index (κ2) is 14.2. The highest BCUT2D eigenvalue weighted by molar-refractivity contribution is 6.43. The Morgan fingerprint density at radius 1 is 1.03 bits per heavy atom. The van der Waals surface area contributed by atoms with E-state index in [0.29, 0.717) is 31.4 Å². The number of rotatable bonds is 12. The molecule has 3 atom stereocenters. The van der Waals surface area contributed by atoms with Crippen molar-refractivity contribution < 1.29 is 24.4 Å². The molecule has 1 fully saturated rings. The minimum Gasteiger partial charge on any atom is -0.426 e. The third-order valence-corrected chi connectivity index (χ3v) is 6.41. The summed E-state index contributed by atoms with van der Waals surface area (Å²) in [5.41, 5.74) is 11.9. The van der Waals surface area contributed by atoms with Gasteiger partial charge in [0.1, 0.15) is 12.1 Å². The van der Waals surface area contributed by atoms with Gasteiger partial charge in [-0.25, -0.2) is 0 Å². The van der Waals surface area contributed by atoms with Gasteiger partial charge < -0.3 is 37.0 Å². The van der Waals surface area contributed by atoms with E-state index < -0.39 is 37.0 Å². The predicted molar refractivity (Wildman–Crippen MR) is 145 cm³/mol. The van der Waals surface area contributed by atoms with E-state index in [1.165, 1.54) is 4.90 Å². The summed E-state index contributed by atoms with van der Waals surface area (Å²) in [5, 5.41) is 25.1. The Bertz CT molecular complexity index is 1100. The van der Waals surface area contributed by atoms with Crippen LogP contribution in [0.2, 0.25) is 0 Å². The molecule has 0 unspecified atom stereocenters. The van der Waals surface area contributed by atoms with E-state index >= 15 is 0 Å². The number of nitrogens with one attached hydrogen (secondary N) is 2. The van der Waals surface area contributed by atoms with Crippen LogP contribution in [0.3, 0.4) is 0 Å². The van der Waals surface area contributed by atoms with Crippen LogP contribution in [0.4, 0.5) is 0 Å². The molecule has 0 radical (unpaired) electrons. The summed E-state index contributed by atoms with van der Waals surface area (Å²) in [6.07, 6.45) is 1.93. The molecule has 1 saturated heterocycles. The number of hydrogen-bond donors (Lipinski definition) is 6. The van der Waals surface area contributed by atoms with Gasteiger partial charge >= 0.3 is 7.12 Å². The number of guanidine groups is 1. The zero-order valence-corrected chi connectivity index (χ0v) is 21.2. The molecule has 3 rings (SSSR count). The molecule has 0 saturated carbocycles. The number of carbonyl (C=O) groups is 3. The monoisotopic (exact) mass is 522 g/mol.